The molecule has 3 rings (SSSR count). The van der Waals surface area contributed by atoms with Gasteiger partial charge in [-0.15, -0.1) is 0 Å². The maximum Gasteiger partial charge on any atom is 0.326 e. The lowest BCUT2D eigenvalue weighted by molar-refractivity contribution is -0.143. The molecule has 1 atom stereocenters. The molecule has 1 fully saturated rings. The van der Waals surface area contributed by atoms with Crippen molar-refractivity contribution in [3.63, 3.8) is 0 Å². The highest BCUT2D eigenvalue weighted by Gasteiger charge is 2.34. The van der Waals surface area contributed by atoms with Gasteiger partial charge in [0.25, 0.3) is 5.91 Å². The number of aryl methyl sites for hydroxylation is 2. The summed E-state index contributed by atoms with van der Waals surface area (Å²) in [6.45, 7) is 4.15. The van der Waals surface area contributed by atoms with E-state index in [1.807, 2.05) is 19.9 Å². The maximum atomic E-state index is 12.9. The molecule has 0 spiro atoms. The van der Waals surface area contributed by atoms with E-state index in [0.717, 1.165) is 24.2 Å². The van der Waals surface area contributed by atoms with E-state index in [1.165, 1.54) is 4.90 Å². The van der Waals surface area contributed by atoms with Crippen LogP contribution in [-0.4, -0.2) is 49.2 Å². The number of pyridine rings is 1. The third-order valence-electron chi connectivity index (χ3n) is 4.31. The van der Waals surface area contributed by atoms with Crippen LogP contribution in [0.15, 0.2) is 18.2 Å². The molecular formula is C17H19ClN4O3. The summed E-state index contributed by atoms with van der Waals surface area (Å²) in [7, 11) is 0. The van der Waals surface area contributed by atoms with Crippen molar-refractivity contribution in [3.8, 4) is 5.82 Å². The third kappa shape index (κ3) is 3.37. The van der Waals surface area contributed by atoms with Gasteiger partial charge in [-0.2, -0.15) is 5.10 Å². The van der Waals surface area contributed by atoms with Crippen LogP contribution in [0.4, 0.5) is 0 Å². The van der Waals surface area contributed by atoms with Gasteiger partial charge >= 0.3 is 5.97 Å². The molecule has 8 heteroatoms. The summed E-state index contributed by atoms with van der Waals surface area (Å²) >= 11 is 6.18. The van der Waals surface area contributed by atoms with Crippen molar-refractivity contribution in [2.45, 2.75) is 39.2 Å². The van der Waals surface area contributed by atoms with Gasteiger partial charge in [0.05, 0.1) is 10.7 Å². The fourth-order valence-electron chi connectivity index (χ4n) is 3.13. The van der Waals surface area contributed by atoms with E-state index >= 15 is 0 Å². The Kier molecular flexibility index (Phi) is 4.76. The van der Waals surface area contributed by atoms with Gasteiger partial charge in [0.2, 0.25) is 0 Å². The Bertz CT molecular complexity index is 833. The molecule has 2 aromatic heterocycles. The minimum atomic E-state index is -1.00. The molecule has 132 valence electrons. The molecule has 1 saturated heterocycles. The fourth-order valence-corrected chi connectivity index (χ4v) is 3.31. The van der Waals surface area contributed by atoms with Crippen molar-refractivity contribution in [3.05, 3.63) is 40.3 Å². The molecule has 1 aliphatic heterocycles. The first kappa shape index (κ1) is 17.4. The number of carbonyl (C=O) groups excluding carboxylic acids is 1. The first-order valence-corrected chi connectivity index (χ1v) is 8.50. The highest BCUT2D eigenvalue weighted by atomic mass is 35.5. The van der Waals surface area contributed by atoms with Gasteiger partial charge in [0.1, 0.15) is 11.7 Å². The number of hydrogen-bond acceptors (Lipinski definition) is 4. The van der Waals surface area contributed by atoms with Crippen molar-refractivity contribution < 1.29 is 14.7 Å². The number of amides is 1. The van der Waals surface area contributed by atoms with Crippen LogP contribution < -0.4 is 0 Å². The number of piperidine rings is 1. The van der Waals surface area contributed by atoms with Gasteiger partial charge in [-0.05, 0) is 51.3 Å². The zero-order chi connectivity index (χ0) is 18.1. The minimum Gasteiger partial charge on any atom is -0.480 e. The predicted molar refractivity (Wildman–Crippen MR) is 92.2 cm³/mol. The molecule has 0 radical (unpaired) electrons. The van der Waals surface area contributed by atoms with Gasteiger partial charge < -0.3 is 10.0 Å². The van der Waals surface area contributed by atoms with Crippen LogP contribution in [0.1, 0.15) is 41.1 Å². The number of hydrogen-bond donors (Lipinski definition) is 1. The van der Waals surface area contributed by atoms with Crippen molar-refractivity contribution >= 4 is 23.5 Å². The summed E-state index contributed by atoms with van der Waals surface area (Å²) in [5, 5.41) is 13.9. The van der Waals surface area contributed by atoms with Crippen molar-refractivity contribution in [1.82, 2.24) is 19.7 Å². The normalized spacial score (nSPS) is 17.6. The number of rotatable bonds is 3. The minimum absolute atomic E-state index is 0.0554. The van der Waals surface area contributed by atoms with E-state index in [-0.39, 0.29) is 10.7 Å². The van der Waals surface area contributed by atoms with Crippen LogP contribution in [0.5, 0.6) is 0 Å². The Labute approximate surface area is 150 Å². The summed E-state index contributed by atoms with van der Waals surface area (Å²) in [5.41, 5.74) is 1.77. The number of carboxylic acid groups (broad SMARTS) is 1. The molecule has 0 aromatic carbocycles. The van der Waals surface area contributed by atoms with Gasteiger partial charge in [-0.25, -0.2) is 14.5 Å². The lowest BCUT2D eigenvalue weighted by atomic mass is 10.0. The van der Waals surface area contributed by atoms with Crippen molar-refractivity contribution in [1.29, 1.82) is 0 Å². The second-order valence-corrected chi connectivity index (χ2v) is 6.59. The molecule has 0 bridgehead atoms. The molecule has 2 aromatic rings. The Hall–Kier alpha value is -2.41. The van der Waals surface area contributed by atoms with E-state index in [9.17, 15) is 14.7 Å². The average molecular weight is 363 g/mol. The number of halogens is 1. The average Bonchev–Trinajstić information content (AvgIpc) is 2.93. The van der Waals surface area contributed by atoms with E-state index < -0.39 is 17.9 Å². The second kappa shape index (κ2) is 6.84. The first-order chi connectivity index (χ1) is 11.9. The molecule has 25 heavy (non-hydrogen) atoms. The van der Waals surface area contributed by atoms with Gasteiger partial charge in [-0.1, -0.05) is 11.6 Å². The number of likely N-dealkylation sites (tertiary alicyclic amines) is 1. The molecule has 1 unspecified atom stereocenters. The Morgan fingerprint density at radius 3 is 2.68 bits per heavy atom. The largest absolute Gasteiger partial charge is 0.480 e. The van der Waals surface area contributed by atoms with Crippen LogP contribution >= 0.6 is 11.6 Å². The van der Waals surface area contributed by atoms with Gasteiger partial charge in [-0.3, -0.25) is 4.79 Å². The van der Waals surface area contributed by atoms with E-state index in [2.05, 4.69) is 10.1 Å². The van der Waals surface area contributed by atoms with Crippen LogP contribution in [0.2, 0.25) is 5.02 Å². The lowest BCUT2D eigenvalue weighted by Crippen LogP contribution is -2.48. The summed E-state index contributed by atoms with van der Waals surface area (Å²) in [4.78, 5) is 30.1. The first-order valence-electron chi connectivity index (χ1n) is 8.12. The number of nitrogens with zero attached hydrogens (tertiary/aromatic N) is 4. The quantitative estimate of drug-likeness (QED) is 0.906. The third-order valence-corrected chi connectivity index (χ3v) is 4.61. The second-order valence-electron chi connectivity index (χ2n) is 6.19. The van der Waals surface area contributed by atoms with Crippen LogP contribution in [0.3, 0.4) is 0 Å². The summed E-state index contributed by atoms with van der Waals surface area (Å²) in [5.74, 6) is -0.985. The molecule has 1 aliphatic rings. The predicted octanol–water partition coefficient (Wildman–Crippen LogP) is 2.62. The van der Waals surface area contributed by atoms with E-state index in [1.54, 1.807) is 16.8 Å². The van der Waals surface area contributed by atoms with Crippen LogP contribution in [-0.2, 0) is 4.79 Å². The molecule has 1 N–H and O–H groups in total. The number of carbonyl (C=O) groups is 2. The standard InChI is InChI=1S/C17H19ClN4O3/c1-10-9-11(2)22(20-10)14-7-6-12(18)15(19-14)16(23)21-8-4-3-5-13(21)17(24)25/h6-7,9,13H,3-5,8H2,1-2H3,(H,24,25). The fraction of sp³-hybridized carbons (Fsp3) is 0.412. The Morgan fingerprint density at radius 2 is 2.04 bits per heavy atom. The topological polar surface area (TPSA) is 88.3 Å². The molecule has 3 heterocycles. The highest BCUT2D eigenvalue weighted by molar-refractivity contribution is 6.33. The number of aliphatic carboxylic acids is 1. The zero-order valence-corrected chi connectivity index (χ0v) is 14.8. The van der Waals surface area contributed by atoms with E-state index in [0.29, 0.717) is 18.8 Å². The van der Waals surface area contributed by atoms with Crippen LogP contribution in [0.25, 0.3) is 5.82 Å². The molecule has 0 aliphatic carbocycles. The smallest absolute Gasteiger partial charge is 0.326 e. The van der Waals surface area contributed by atoms with E-state index in [4.69, 9.17) is 11.6 Å². The molecule has 0 saturated carbocycles. The molecule has 1 amide bonds. The Balaban J connectivity index is 1.98. The Morgan fingerprint density at radius 1 is 1.28 bits per heavy atom. The number of aromatic nitrogens is 3. The maximum absolute atomic E-state index is 12.9. The van der Waals surface area contributed by atoms with Gasteiger partial charge in [0, 0.05) is 12.2 Å². The zero-order valence-electron chi connectivity index (χ0n) is 14.1. The summed E-state index contributed by atoms with van der Waals surface area (Å²) in [6, 6.07) is 4.34. The van der Waals surface area contributed by atoms with Crippen molar-refractivity contribution in [2.24, 2.45) is 0 Å². The molecular weight excluding hydrogens is 344 g/mol. The van der Waals surface area contributed by atoms with Crippen LogP contribution in [0, 0.1) is 13.8 Å². The van der Waals surface area contributed by atoms with Crippen molar-refractivity contribution in [2.75, 3.05) is 6.54 Å². The van der Waals surface area contributed by atoms with Gasteiger partial charge in [0.15, 0.2) is 5.82 Å². The summed E-state index contributed by atoms with van der Waals surface area (Å²) < 4.78 is 1.63. The lowest BCUT2D eigenvalue weighted by Gasteiger charge is -2.32. The number of carboxylic acids is 1. The monoisotopic (exact) mass is 362 g/mol. The SMILES string of the molecule is Cc1cc(C)n(-c2ccc(Cl)c(C(=O)N3CCCCC3C(=O)O)n2)n1. The summed E-state index contributed by atoms with van der Waals surface area (Å²) in [6.07, 6.45) is 1.99. The molecule has 7 nitrogen and oxygen atoms in total. The highest BCUT2D eigenvalue weighted by Crippen LogP contribution is 2.24.